The molecule has 8 heteroatoms. The van der Waals surface area contributed by atoms with E-state index >= 15 is 0 Å². The molecule has 2 aromatic rings. The quantitative estimate of drug-likeness (QED) is 0.867. The second-order valence-electron chi connectivity index (χ2n) is 4.91. The highest BCUT2D eigenvalue weighted by molar-refractivity contribution is 7.89. The molecule has 0 bridgehead atoms. The van der Waals surface area contributed by atoms with E-state index in [2.05, 4.69) is 9.88 Å². The van der Waals surface area contributed by atoms with Crippen molar-refractivity contribution in [1.82, 2.24) is 9.88 Å². The van der Waals surface area contributed by atoms with Gasteiger partial charge in [-0.05, 0) is 38.5 Å². The van der Waals surface area contributed by atoms with Crippen molar-refractivity contribution in [2.45, 2.75) is 32.2 Å². The number of carbonyl (C=O) groups is 1. The Morgan fingerprint density at radius 2 is 2.00 bits per heavy atom. The number of carboxylic acids is 1. The number of hydrogen-bond acceptors (Lipinski definition) is 5. The van der Waals surface area contributed by atoms with E-state index in [1.165, 1.54) is 12.1 Å². The first-order valence-corrected chi connectivity index (χ1v) is 7.96. The SMILES string of the molecule is Cc1ccc(S(=O)(=O)NCc2c(C)noc2C)cc1C(=O)O. The monoisotopic (exact) mass is 324 g/mol. The molecule has 0 aliphatic heterocycles. The van der Waals surface area contributed by atoms with Crippen LogP contribution in [0.3, 0.4) is 0 Å². The van der Waals surface area contributed by atoms with Gasteiger partial charge in [0.2, 0.25) is 10.0 Å². The zero-order valence-electron chi connectivity index (χ0n) is 12.4. The molecule has 1 aromatic carbocycles. The summed E-state index contributed by atoms with van der Waals surface area (Å²) in [4.78, 5) is 11.0. The van der Waals surface area contributed by atoms with Gasteiger partial charge in [-0.25, -0.2) is 17.9 Å². The molecule has 0 saturated heterocycles. The van der Waals surface area contributed by atoms with Gasteiger partial charge in [0.25, 0.3) is 0 Å². The Bertz CT molecular complexity index is 804. The summed E-state index contributed by atoms with van der Waals surface area (Å²) in [6.07, 6.45) is 0. The maximum absolute atomic E-state index is 12.3. The van der Waals surface area contributed by atoms with Crippen LogP contribution in [0.2, 0.25) is 0 Å². The number of sulfonamides is 1. The van der Waals surface area contributed by atoms with Gasteiger partial charge in [0.05, 0.1) is 16.2 Å². The van der Waals surface area contributed by atoms with Crippen molar-refractivity contribution in [3.63, 3.8) is 0 Å². The molecule has 118 valence electrons. The Balaban J connectivity index is 2.28. The molecule has 1 aromatic heterocycles. The van der Waals surface area contributed by atoms with E-state index in [0.29, 0.717) is 22.6 Å². The van der Waals surface area contributed by atoms with Crippen LogP contribution >= 0.6 is 0 Å². The lowest BCUT2D eigenvalue weighted by Crippen LogP contribution is -2.24. The van der Waals surface area contributed by atoms with Crippen LogP contribution in [-0.4, -0.2) is 24.7 Å². The van der Waals surface area contributed by atoms with Crippen LogP contribution in [0.25, 0.3) is 0 Å². The number of benzene rings is 1. The average molecular weight is 324 g/mol. The lowest BCUT2D eigenvalue weighted by atomic mass is 10.1. The third-order valence-corrected chi connectivity index (χ3v) is 4.77. The van der Waals surface area contributed by atoms with Crippen LogP contribution in [0.5, 0.6) is 0 Å². The van der Waals surface area contributed by atoms with Crippen LogP contribution in [0.4, 0.5) is 0 Å². The summed E-state index contributed by atoms with van der Waals surface area (Å²) in [5, 5.41) is 12.8. The fraction of sp³-hybridized carbons (Fsp3) is 0.286. The minimum absolute atomic E-state index is 0.0276. The average Bonchev–Trinajstić information content (AvgIpc) is 2.76. The van der Waals surface area contributed by atoms with Crippen LogP contribution in [0.15, 0.2) is 27.6 Å². The van der Waals surface area contributed by atoms with E-state index in [1.54, 1.807) is 20.8 Å². The van der Waals surface area contributed by atoms with Gasteiger partial charge in [0.15, 0.2) is 0 Å². The van der Waals surface area contributed by atoms with E-state index in [9.17, 15) is 13.2 Å². The van der Waals surface area contributed by atoms with Crippen molar-refractivity contribution in [3.8, 4) is 0 Å². The molecule has 2 rings (SSSR count). The predicted octanol–water partition coefficient (Wildman–Crippen LogP) is 1.78. The second kappa shape index (κ2) is 5.90. The molecule has 0 atom stereocenters. The fourth-order valence-corrected chi connectivity index (χ4v) is 3.02. The van der Waals surface area contributed by atoms with Crippen molar-refractivity contribution >= 4 is 16.0 Å². The van der Waals surface area contributed by atoms with E-state index in [0.717, 1.165) is 6.07 Å². The van der Waals surface area contributed by atoms with Crippen molar-refractivity contribution in [2.75, 3.05) is 0 Å². The molecule has 0 aliphatic carbocycles. The lowest BCUT2D eigenvalue weighted by Gasteiger charge is -2.08. The van der Waals surface area contributed by atoms with Crippen LogP contribution in [0, 0.1) is 20.8 Å². The summed E-state index contributed by atoms with van der Waals surface area (Å²) in [5.74, 6) is -0.629. The maximum Gasteiger partial charge on any atom is 0.335 e. The minimum Gasteiger partial charge on any atom is -0.478 e. The summed E-state index contributed by atoms with van der Waals surface area (Å²) >= 11 is 0. The Labute approximate surface area is 128 Å². The molecule has 0 amide bonds. The summed E-state index contributed by atoms with van der Waals surface area (Å²) < 4.78 is 32.0. The van der Waals surface area contributed by atoms with Crippen molar-refractivity contribution in [1.29, 1.82) is 0 Å². The van der Waals surface area contributed by atoms with Gasteiger partial charge in [0.1, 0.15) is 5.76 Å². The number of rotatable bonds is 5. The number of carboxylic acid groups (broad SMARTS) is 1. The summed E-state index contributed by atoms with van der Waals surface area (Å²) in [6, 6.07) is 3.98. The summed E-state index contributed by atoms with van der Waals surface area (Å²) in [7, 11) is -3.83. The molecular weight excluding hydrogens is 308 g/mol. The highest BCUT2D eigenvalue weighted by atomic mass is 32.2. The minimum atomic E-state index is -3.83. The fourth-order valence-electron chi connectivity index (χ4n) is 2.00. The normalized spacial score (nSPS) is 11.6. The van der Waals surface area contributed by atoms with E-state index in [-0.39, 0.29) is 17.0 Å². The Kier molecular flexibility index (Phi) is 4.34. The first-order chi connectivity index (χ1) is 10.2. The van der Waals surface area contributed by atoms with Crippen LogP contribution in [-0.2, 0) is 16.6 Å². The van der Waals surface area contributed by atoms with Gasteiger partial charge in [-0.2, -0.15) is 0 Å². The molecule has 0 unspecified atom stereocenters. The molecule has 0 radical (unpaired) electrons. The zero-order valence-corrected chi connectivity index (χ0v) is 13.2. The maximum atomic E-state index is 12.3. The molecule has 1 heterocycles. The molecule has 0 spiro atoms. The largest absolute Gasteiger partial charge is 0.478 e. The van der Waals surface area contributed by atoms with E-state index in [1.807, 2.05) is 0 Å². The number of aromatic nitrogens is 1. The number of nitrogens with zero attached hydrogens (tertiary/aromatic N) is 1. The summed E-state index contributed by atoms with van der Waals surface area (Å²) in [6.45, 7) is 5.05. The van der Waals surface area contributed by atoms with Gasteiger partial charge in [0, 0.05) is 12.1 Å². The molecule has 0 aliphatic rings. The zero-order chi connectivity index (χ0) is 16.5. The lowest BCUT2D eigenvalue weighted by molar-refractivity contribution is 0.0696. The van der Waals surface area contributed by atoms with Gasteiger partial charge >= 0.3 is 5.97 Å². The first-order valence-electron chi connectivity index (χ1n) is 6.47. The van der Waals surface area contributed by atoms with E-state index < -0.39 is 16.0 Å². The highest BCUT2D eigenvalue weighted by Crippen LogP contribution is 2.17. The van der Waals surface area contributed by atoms with Gasteiger partial charge in [-0.1, -0.05) is 11.2 Å². The standard InChI is InChI=1S/C14H16N2O5S/c1-8-4-5-11(6-12(8)14(17)18)22(19,20)15-7-13-9(2)16-21-10(13)3/h4-6,15H,7H2,1-3H3,(H,17,18). The molecule has 22 heavy (non-hydrogen) atoms. The number of hydrogen-bond donors (Lipinski definition) is 2. The van der Waals surface area contributed by atoms with E-state index in [4.69, 9.17) is 9.63 Å². The van der Waals surface area contributed by atoms with Crippen molar-refractivity contribution in [3.05, 3.63) is 46.3 Å². The van der Waals surface area contributed by atoms with Crippen LogP contribution in [0.1, 0.15) is 32.9 Å². The van der Waals surface area contributed by atoms with Crippen molar-refractivity contribution in [2.24, 2.45) is 0 Å². The smallest absolute Gasteiger partial charge is 0.335 e. The number of aromatic carboxylic acids is 1. The third kappa shape index (κ3) is 3.18. The number of aryl methyl sites for hydroxylation is 3. The second-order valence-corrected chi connectivity index (χ2v) is 6.68. The Morgan fingerprint density at radius 3 is 2.55 bits per heavy atom. The summed E-state index contributed by atoms with van der Waals surface area (Å²) in [5.41, 5.74) is 1.72. The van der Waals surface area contributed by atoms with Gasteiger partial charge < -0.3 is 9.63 Å². The molecule has 0 fully saturated rings. The highest BCUT2D eigenvalue weighted by Gasteiger charge is 2.19. The number of nitrogens with one attached hydrogen (secondary N) is 1. The molecule has 2 N–H and O–H groups in total. The molecular formula is C14H16N2O5S. The van der Waals surface area contributed by atoms with Gasteiger partial charge in [-0.3, -0.25) is 0 Å². The predicted molar refractivity (Wildman–Crippen MR) is 78.1 cm³/mol. The Hall–Kier alpha value is -2.19. The Morgan fingerprint density at radius 1 is 1.32 bits per heavy atom. The molecule has 7 nitrogen and oxygen atoms in total. The molecule has 0 saturated carbocycles. The van der Waals surface area contributed by atoms with Crippen LogP contribution < -0.4 is 4.72 Å². The third-order valence-electron chi connectivity index (χ3n) is 3.37. The van der Waals surface area contributed by atoms with Crippen molar-refractivity contribution < 1.29 is 22.8 Å². The topological polar surface area (TPSA) is 110 Å². The van der Waals surface area contributed by atoms with Gasteiger partial charge in [-0.15, -0.1) is 0 Å². The first kappa shape index (κ1) is 16.2.